The highest BCUT2D eigenvalue weighted by molar-refractivity contribution is 5.77. The molecule has 1 fully saturated rings. The molecule has 0 aliphatic carbocycles. The summed E-state index contributed by atoms with van der Waals surface area (Å²) < 4.78 is 0. The van der Waals surface area contributed by atoms with Crippen molar-refractivity contribution in [3.05, 3.63) is 0 Å². The van der Waals surface area contributed by atoms with Gasteiger partial charge in [0.1, 0.15) is 0 Å². The van der Waals surface area contributed by atoms with E-state index in [1.165, 1.54) is 0 Å². The second kappa shape index (κ2) is 8.45. The van der Waals surface area contributed by atoms with Crippen molar-refractivity contribution in [2.24, 2.45) is 5.92 Å². The Balaban J connectivity index is 2.08. The molecule has 0 radical (unpaired) electrons. The maximum absolute atomic E-state index is 11.6. The van der Waals surface area contributed by atoms with Crippen molar-refractivity contribution in [3.63, 3.8) is 0 Å². The van der Waals surface area contributed by atoms with E-state index in [2.05, 4.69) is 34.3 Å². The first-order valence-corrected chi connectivity index (χ1v) is 6.96. The monoisotopic (exact) mass is 256 g/mol. The van der Waals surface area contributed by atoms with Crippen molar-refractivity contribution in [1.82, 2.24) is 20.4 Å². The fourth-order valence-corrected chi connectivity index (χ4v) is 1.94. The quantitative estimate of drug-likeness (QED) is 0.650. The molecule has 1 aliphatic heterocycles. The number of hydrogen-bond donors (Lipinski definition) is 2. The summed E-state index contributed by atoms with van der Waals surface area (Å²) in [5.41, 5.74) is 0. The van der Waals surface area contributed by atoms with Gasteiger partial charge in [0.2, 0.25) is 5.91 Å². The molecule has 1 saturated heterocycles. The van der Waals surface area contributed by atoms with Crippen LogP contribution < -0.4 is 10.6 Å². The van der Waals surface area contributed by atoms with Crippen molar-refractivity contribution < 1.29 is 4.79 Å². The van der Waals surface area contributed by atoms with Crippen LogP contribution in [0.2, 0.25) is 0 Å². The van der Waals surface area contributed by atoms with Gasteiger partial charge >= 0.3 is 0 Å². The molecule has 0 atom stereocenters. The lowest BCUT2D eigenvalue weighted by Gasteiger charge is -2.28. The lowest BCUT2D eigenvalue weighted by atomic mass is 10.2. The minimum Gasteiger partial charge on any atom is -0.355 e. The molecule has 0 aromatic carbocycles. The fraction of sp³-hybridized carbons (Fsp3) is 0.923. The Hall–Kier alpha value is -0.650. The number of piperazine rings is 1. The number of nitrogens with one attached hydrogen (secondary N) is 2. The number of rotatable bonds is 7. The van der Waals surface area contributed by atoms with E-state index in [1.54, 1.807) is 0 Å². The van der Waals surface area contributed by atoms with Gasteiger partial charge in [0.25, 0.3) is 0 Å². The highest BCUT2D eigenvalue weighted by Crippen LogP contribution is 1.93. The van der Waals surface area contributed by atoms with E-state index >= 15 is 0 Å². The standard InChI is InChI=1S/C13H28N4O/c1-12(2)10-15-13(18)11-16(3)8-9-17-6-4-14-5-7-17/h12,14H,4-11H2,1-3H3,(H,15,18). The van der Waals surface area contributed by atoms with Gasteiger partial charge in [-0.25, -0.2) is 0 Å². The Kier molecular flexibility index (Phi) is 7.23. The summed E-state index contributed by atoms with van der Waals surface area (Å²) in [4.78, 5) is 16.2. The number of carbonyl (C=O) groups excluding carboxylic acids is 1. The molecule has 106 valence electrons. The first kappa shape index (κ1) is 15.4. The van der Waals surface area contributed by atoms with Gasteiger partial charge in [-0.2, -0.15) is 0 Å². The predicted molar refractivity (Wildman–Crippen MR) is 74.7 cm³/mol. The van der Waals surface area contributed by atoms with E-state index in [-0.39, 0.29) is 5.91 Å². The zero-order valence-electron chi connectivity index (χ0n) is 12.0. The number of hydrogen-bond acceptors (Lipinski definition) is 4. The van der Waals surface area contributed by atoms with Crippen LogP contribution in [0.4, 0.5) is 0 Å². The first-order valence-electron chi connectivity index (χ1n) is 6.96. The van der Waals surface area contributed by atoms with E-state index < -0.39 is 0 Å². The highest BCUT2D eigenvalue weighted by Gasteiger charge is 2.11. The Labute approximate surface area is 111 Å². The van der Waals surface area contributed by atoms with Crippen molar-refractivity contribution >= 4 is 5.91 Å². The Morgan fingerprint density at radius 3 is 2.67 bits per heavy atom. The Morgan fingerprint density at radius 1 is 1.39 bits per heavy atom. The summed E-state index contributed by atoms with van der Waals surface area (Å²) in [7, 11) is 2.01. The number of carbonyl (C=O) groups is 1. The average molecular weight is 256 g/mol. The van der Waals surface area contributed by atoms with Gasteiger partial charge in [-0.15, -0.1) is 0 Å². The molecule has 0 bridgehead atoms. The summed E-state index contributed by atoms with van der Waals surface area (Å²) in [6, 6.07) is 0. The first-order chi connectivity index (χ1) is 8.58. The molecule has 0 saturated carbocycles. The average Bonchev–Trinajstić information content (AvgIpc) is 2.35. The van der Waals surface area contributed by atoms with Crippen LogP contribution in [0.3, 0.4) is 0 Å². The third-order valence-electron chi connectivity index (χ3n) is 3.13. The molecule has 1 heterocycles. The summed E-state index contributed by atoms with van der Waals surface area (Å²) in [5, 5.41) is 6.29. The molecule has 0 spiro atoms. The van der Waals surface area contributed by atoms with Crippen LogP contribution in [0.1, 0.15) is 13.8 Å². The van der Waals surface area contributed by atoms with Crippen LogP contribution in [-0.4, -0.2) is 75.1 Å². The van der Waals surface area contributed by atoms with Crippen molar-refractivity contribution in [3.8, 4) is 0 Å². The molecule has 1 rings (SSSR count). The van der Waals surface area contributed by atoms with Gasteiger partial charge in [-0.3, -0.25) is 14.6 Å². The molecule has 0 aromatic heterocycles. The number of amides is 1. The van der Waals surface area contributed by atoms with Gasteiger partial charge in [-0.1, -0.05) is 13.8 Å². The van der Waals surface area contributed by atoms with Gasteiger partial charge in [-0.05, 0) is 13.0 Å². The number of nitrogens with zero attached hydrogens (tertiary/aromatic N) is 2. The van der Waals surface area contributed by atoms with E-state index in [0.717, 1.165) is 45.8 Å². The Bertz CT molecular complexity index is 239. The van der Waals surface area contributed by atoms with Gasteiger partial charge in [0.05, 0.1) is 6.54 Å². The van der Waals surface area contributed by atoms with Gasteiger partial charge in [0.15, 0.2) is 0 Å². The second-order valence-electron chi connectivity index (χ2n) is 5.53. The van der Waals surface area contributed by atoms with E-state index in [1.807, 2.05) is 7.05 Å². The van der Waals surface area contributed by atoms with E-state index in [9.17, 15) is 4.79 Å². The van der Waals surface area contributed by atoms with Gasteiger partial charge in [0, 0.05) is 45.8 Å². The maximum atomic E-state index is 11.6. The molecular formula is C13H28N4O. The normalized spacial score (nSPS) is 17.4. The van der Waals surface area contributed by atoms with Gasteiger partial charge < -0.3 is 10.6 Å². The van der Waals surface area contributed by atoms with Crippen molar-refractivity contribution in [1.29, 1.82) is 0 Å². The van der Waals surface area contributed by atoms with Crippen LogP contribution in [0.15, 0.2) is 0 Å². The number of likely N-dealkylation sites (N-methyl/N-ethyl adjacent to an activating group) is 1. The zero-order chi connectivity index (χ0) is 13.4. The SMILES string of the molecule is CC(C)CNC(=O)CN(C)CCN1CCNCC1. The van der Waals surface area contributed by atoms with Crippen LogP contribution in [0.5, 0.6) is 0 Å². The molecule has 0 aromatic rings. The lowest BCUT2D eigenvalue weighted by molar-refractivity contribution is -0.122. The summed E-state index contributed by atoms with van der Waals surface area (Å²) in [5.74, 6) is 0.645. The summed E-state index contributed by atoms with van der Waals surface area (Å²) in [6.45, 7) is 11.9. The summed E-state index contributed by atoms with van der Waals surface area (Å²) in [6.07, 6.45) is 0. The van der Waals surface area contributed by atoms with E-state index in [4.69, 9.17) is 0 Å². The second-order valence-corrected chi connectivity index (χ2v) is 5.53. The molecule has 5 nitrogen and oxygen atoms in total. The molecule has 2 N–H and O–H groups in total. The molecule has 5 heteroatoms. The van der Waals surface area contributed by atoms with E-state index in [0.29, 0.717) is 12.5 Å². The maximum Gasteiger partial charge on any atom is 0.234 e. The molecule has 1 amide bonds. The highest BCUT2D eigenvalue weighted by atomic mass is 16.2. The largest absolute Gasteiger partial charge is 0.355 e. The molecule has 18 heavy (non-hydrogen) atoms. The minimum absolute atomic E-state index is 0.131. The lowest BCUT2D eigenvalue weighted by Crippen LogP contribution is -2.46. The topological polar surface area (TPSA) is 47.6 Å². The smallest absolute Gasteiger partial charge is 0.234 e. The third-order valence-corrected chi connectivity index (χ3v) is 3.13. The fourth-order valence-electron chi connectivity index (χ4n) is 1.94. The minimum atomic E-state index is 0.131. The Morgan fingerprint density at radius 2 is 2.06 bits per heavy atom. The van der Waals surface area contributed by atoms with Crippen LogP contribution in [0, 0.1) is 5.92 Å². The molecule has 1 aliphatic rings. The molecular weight excluding hydrogens is 228 g/mol. The van der Waals surface area contributed by atoms with Crippen LogP contribution in [0.25, 0.3) is 0 Å². The zero-order valence-corrected chi connectivity index (χ0v) is 12.0. The third kappa shape index (κ3) is 6.93. The van der Waals surface area contributed by atoms with Crippen molar-refractivity contribution in [2.45, 2.75) is 13.8 Å². The predicted octanol–water partition coefficient (Wildman–Crippen LogP) is -0.404. The summed E-state index contributed by atoms with van der Waals surface area (Å²) >= 11 is 0. The molecule has 0 unspecified atom stereocenters. The van der Waals surface area contributed by atoms with Crippen LogP contribution in [-0.2, 0) is 4.79 Å². The van der Waals surface area contributed by atoms with Crippen LogP contribution >= 0.6 is 0 Å². The van der Waals surface area contributed by atoms with Crippen molar-refractivity contribution in [2.75, 3.05) is 59.4 Å².